The number of hydrogen-bond donors (Lipinski definition) is 1. The third-order valence-corrected chi connectivity index (χ3v) is 6.78. The maximum Gasteiger partial charge on any atom is 0.337 e. The quantitative estimate of drug-likeness (QED) is 0.195. The molecule has 0 saturated carbocycles. The number of methoxy groups -OCH3 is 3. The molecular formula is C29H26ClNO7. The molecule has 1 atom stereocenters. The normalized spacial score (nSPS) is 16.4. The van der Waals surface area contributed by atoms with Gasteiger partial charge in [-0.25, -0.2) is 4.79 Å². The number of benzene rings is 3. The average Bonchev–Trinajstić information content (AvgIpc) is 3.17. The minimum atomic E-state index is -0.887. The van der Waals surface area contributed by atoms with Crippen molar-refractivity contribution in [3.63, 3.8) is 0 Å². The number of ketones is 1. The highest BCUT2D eigenvalue weighted by atomic mass is 35.5. The van der Waals surface area contributed by atoms with E-state index in [2.05, 4.69) is 0 Å². The first kappa shape index (κ1) is 26.8. The van der Waals surface area contributed by atoms with Gasteiger partial charge in [0.25, 0.3) is 11.7 Å². The summed E-state index contributed by atoms with van der Waals surface area (Å²) in [5.74, 6) is -1.96. The Bertz CT molecular complexity index is 1450. The van der Waals surface area contributed by atoms with Crippen LogP contribution in [0.1, 0.15) is 38.7 Å². The van der Waals surface area contributed by atoms with Gasteiger partial charge in [-0.05, 0) is 41.8 Å². The number of Topliss-reactive ketones (excluding diaryl/α,β-unsaturated/α-hetero) is 1. The van der Waals surface area contributed by atoms with Crippen molar-refractivity contribution in [2.24, 2.45) is 0 Å². The topological polar surface area (TPSA) is 102 Å². The molecule has 0 spiro atoms. The molecule has 3 aromatic rings. The maximum atomic E-state index is 13.4. The van der Waals surface area contributed by atoms with Gasteiger partial charge in [0.2, 0.25) is 0 Å². The van der Waals surface area contributed by atoms with Gasteiger partial charge in [0.05, 0.1) is 49.1 Å². The van der Waals surface area contributed by atoms with E-state index in [1.807, 2.05) is 25.1 Å². The second-order valence-electron chi connectivity index (χ2n) is 8.66. The van der Waals surface area contributed by atoms with Crippen LogP contribution in [0.3, 0.4) is 0 Å². The Morgan fingerprint density at radius 3 is 2.24 bits per heavy atom. The molecule has 1 aliphatic rings. The highest BCUT2D eigenvalue weighted by Gasteiger charge is 2.46. The van der Waals surface area contributed by atoms with Crippen LogP contribution in [0.5, 0.6) is 11.5 Å². The van der Waals surface area contributed by atoms with Gasteiger partial charge in [-0.15, -0.1) is 0 Å². The molecule has 1 unspecified atom stereocenters. The summed E-state index contributed by atoms with van der Waals surface area (Å²) in [5.41, 5.74) is 2.61. The summed E-state index contributed by atoms with van der Waals surface area (Å²) >= 11 is 6.32. The molecule has 1 fully saturated rings. The van der Waals surface area contributed by atoms with E-state index in [-0.39, 0.29) is 28.5 Å². The number of hydrogen-bond acceptors (Lipinski definition) is 7. The molecule has 4 rings (SSSR count). The van der Waals surface area contributed by atoms with Crippen molar-refractivity contribution in [1.29, 1.82) is 0 Å². The Kier molecular flexibility index (Phi) is 7.73. The van der Waals surface area contributed by atoms with Crippen molar-refractivity contribution >= 4 is 35.0 Å². The molecular weight excluding hydrogens is 510 g/mol. The fourth-order valence-electron chi connectivity index (χ4n) is 4.51. The smallest absolute Gasteiger partial charge is 0.337 e. The number of nitrogens with zero attached hydrogens (tertiary/aromatic N) is 1. The summed E-state index contributed by atoms with van der Waals surface area (Å²) in [5, 5.41) is 11.7. The van der Waals surface area contributed by atoms with Gasteiger partial charge in [0.1, 0.15) is 17.3 Å². The molecule has 0 aliphatic carbocycles. The van der Waals surface area contributed by atoms with Gasteiger partial charge in [-0.2, -0.15) is 0 Å². The maximum absolute atomic E-state index is 13.4. The van der Waals surface area contributed by atoms with Crippen LogP contribution in [0.15, 0.2) is 66.2 Å². The van der Waals surface area contributed by atoms with Crippen molar-refractivity contribution in [3.8, 4) is 11.5 Å². The van der Waals surface area contributed by atoms with Gasteiger partial charge < -0.3 is 24.2 Å². The third kappa shape index (κ3) is 4.82. The van der Waals surface area contributed by atoms with E-state index in [1.54, 1.807) is 30.3 Å². The minimum Gasteiger partial charge on any atom is -0.507 e. The molecule has 3 aromatic carbocycles. The zero-order valence-electron chi connectivity index (χ0n) is 21.3. The number of aryl methyl sites for hydroxylation is 1. The molecule has 1 saturated heterocycles. The summed E-state index contributed by atoms with van der Waals surface area (Å²) in [7, 11) is 4.15. The molecule has 1 aliphatic heterocycles. The largest absolute Gasteiger partial charge is 0.507 e. The molecule has 196 valence electrons. The SMILES string of the molecule is COC(=O)c1ccc(CN2C(=O)C(=O)/C(=C(/O)c3cc(Cl)c(OC)cc3OC)C2c2ccccc2C)cc1. The van der Waals surface area contributed by atoms with Gasteiger partial charge in [0, 0.05) is 12.6 Å². The lowest BCUT2D eigenvalue weighted by molar-refractivity contribution is -0.140. The monoisotopic (exact) mass is 535 g/mol. The Morgan fingerprint density at radius 2 is 1.63 bits per heavy atom. The Labute approximate surface area is 225 Å². The number of likely N-dealkylation sites (tertiary alicyclic amines) is 1. The van der Waals surface area contributed by atoms with E-state index < -0.39 is 29.5 Å². The van der Waals surface area contributed by atoms with Crippen LogP contribution in [-0.2, 0) is 20.9 Å². The molecule has 38 heavy (non-hydrogen) atoms. The summed E-state index contributed by atoms with van der Waals surface area (Å²) < 4.78 is 15.4. The summed E-state index contributed by atoms with van der Waals surface area (Å²) in [4.78, 5) is 40.0. The second-order valence-corrected chi connectivity index (χ2v) is 9.07. The zero-order valence-corrected chi connectivity index (χ0v) is 22.0. The lowest BCUT2D eigenvalue weighted by Gasteiger charge is -2.27. The molecule has 1 N–H and O–H groups in total. The van der Waals surface area contributed by atoms with Crippen molar-refractivity contribution in [2.75, 3.05) is 21.3 Å². The van der Waals surface area contributed by atoms with E-state index in [1.165, 1.54) is 38.4 Å². The highest BCUT2D eigenvalue weighted by Crippen LogP contribution is 2.44. The van der Waals surface area contributed by atoms with Gasteiger partial charge >= 0.3 is 5.97 Å². The van der Waals surface area contributed by atoms with Crippen LogP contribution in [0, 0.1) is 6.92 Å². The van der Waals surface area contributed by atoms with Gasteiger partial charge in [-0.3, -0.25) is 9.59 Å². The lowest BCUT2D eigenvalue weighted by atomic mass is 9.92. The van der Waals surface area contributed by atoms with Crippen LogP contribution in [0.2, 0.25) is 5.02 Å². The van der Waals surface area contributed by atoms with Crippen molar-refractivity contribution in [3.05, 3.63) is 99.1 Å². The lowest BCUT2D eigenvalue weighted by Crippen LogP contribution is -2.29. The van der Waals surface area contributed by atoms with Crippen LogP contribution in [0.25, 0.3) is 5.76 Å². The van der Waals surface area contributed by atoms with E-state index >= 15 is 0 Å². The Hall–Kier alpha value is -4.30. The molecule has 8 nitrogen and oxygen atoms in total. The number of halogens is 1. The molecule has 0 bridgehead atoms. The van der Waals surface area contributed by atoms with E-state index in [9.17, 15) is 19.5 Å². The number of rotatable bonds is 7. The third-order valence-electron chi connectivity index (χ3n) is 6.48. The average molecular weight is 536 g/mol. The summed E-state index contributed by atoms with van der Waals surface area (Å²) in [6, 6.07) is 15.9. The van der Waals surface area contributed by atoms with Crippen molar-refractivity contribution in [2.45, 2.75) is 19.5 Å². The minimum absolute atomic E-state index is 0.0578. The fourth-order valence-corrected chi connectivity index (χ4v) is 4.75. The molecule has 0 radical (unpaired) electrons. The Balaban J connectivity index is 1.87. The first-order chi connectivity index (χ1) is 18.2. The highest BCUT2D eigenvalue weighted by molar-refractivity contribution is 6.46. The number of amides is 1. The molecule has 0 aromatic heterocycles. The predicted molar refractivity (Wildman–Crippen MR) is 141 cm³/mol. The summed E-state index contributed by atoms with van der Waals surface area (Å²) in [6.07, 6.45) is 0. The first-order valence-electron chi connectivity index (χ1n) is 11.6. The van der Waals surface area contributed by atoms with Crippen LogP contribution in [-0.4, -0.2) is 49.0 Å². The second kappa shape index (κ2) is 11.0. The van der Waals surface area contributed by atoms with Crippen LogP contribution in [0.4, 0.5) is 0 Å². The van der Waals surface area contributed by atoms with Gasteiger partial charge in [-0.1, -0.05) is 48.0 Å². The van der Waals surface area contributed by atoms with E-state index in [0.717, 1.165) is 5.56 Å². The number of carbonyl (C=O) groups is 3. The Morgan fingerprint density at radius 1 is 0.974 bits per heavy atom. The zero-order chi connectivity index (χ0) is 27.6. The molecule has 1 amide bonds. The van der Waals surface area contributed by atoms with Gasteiger partial charge in [0.15, 0.2) is 0 Å². The molecule has 1 heterocycles. The van der Waals surface area contributed by atoms with E-state index in [0.29, 0.717) is 22.4 Å². The predicted octanol–water partition coefficient (Wildman–Crippen LogP) is 5.07. The van der Waals surface area contributed by atoms with Crippen molar-refractivity contribution in [1.82, 2.24) is 4.90 Å². The number of ether oxygens (including phenoxy) is 3. The number of aliphatic hydroxyl groups is 1. The standard InChI is InChI=1S/C29H26ClNO7/c1-16-7-5-6-8-19(16)25-24(26(32)20-13-21(30)23(37-3)14-22(20)36-2)27(33)28(34)31(25)15-17-9-11-18(12-10-17)29(35)38-4/h5-14,25,32H,15H2,1-4H3/b26-24+. The van der Waals surface area contributed by atoms with E-state index in [4.69, 9.17) is 25.8 Å². The fraction of sp³-hybridized carbons (Fsp3) is 0.207. The van der Waals surface area contributed by atoms with Crippen LogP contribution < -0.4 is 9.47 Å². The first-order valence-corrected chi connectivity index (χ1v) is 12.0. The number of esters is 1. The summed E-state index contributed by atoms with van der Waals surface area (Å²) in [6.45, 7) is 1.92. The van der Waals surface area contributed by atoms with Crippen LogP contribution >= 0.6 is 11.6 Å². The molecule has 9 heteroatoms. The number of aliphatic hydroxyl groups excluding tert-OH is 1. The number of carbonyl (C=O) groups excluding carboxylic acids is 3. The van der Waals surface area contributed by atoms with Crippen molar-refractivity contribution < 1.29 is 33.7 Å².